The standard InChI is InChI=1S/C26H27F3N6O4S/c1-12(14-3-5-16(6-4-14)39-26(27,28)29)32-25-31-10-17(24-34-20-13(2)30-8-7-19(20)40-24)23(35-25)33-21-15(11-36)9-18(37)22(21)38/h3-8,10,12,15,18,21-22,36-38H,9,11H2,1-2H3,(H2,31,32,33,35)/t12-,15+,18-,21-,22-/m1/s1. The predicted octanol–water partition coefficient (Wildman–Crippen LogP) is 4.04. The van der Waals surface area contributed by atoms with Gasteiger partial charge in [0.05, 0.1) is 34.1 Å². The molecule has 0 spiro atoms. The molecule has 0 unspecified atom stereocenters. The molecule has 5 N–H and O–H groups in total. The first-order valence-electron chi connectivity index (χ1n) is 12.5. The van der Waals surface area contributed by atoms with E-state index in [9.17, 15) is 28.5 Å². The zero-order chi connectivity index (χ0) is 28.6. The molecule has 40 heavy (non-hydrogen) atoms. The van der Waals surface area contributed by atoms with Crippen molar-refractivity contribution in [1.82, 2.24) is 19.9 Å². The fourth-order valence-electron chi connectivity index (χ4n) is 4.71. The summed E-state index contributed by atoms with van der Waals surface area (Å²) in [5.74, 6) is -0.197. The smallest absolute Gasteiger partial charge is 0.406 e. The molecule has 0 saturated heterocycles. The van der Waals surface area contributed by atoms with Crippen LogP contribution in [0, 0.1) is 12.8 Å². The molecule has 5 atom stereocenters. The summed E-state index contributed by atoms with van der Waals surface area (Å²) in [6, 6.07) is 6.25. The van der Waals surface area contributed by atoms with E-state index in [1.165, 1.54) is 35.6 Å². The van der Waals surface area contributed by atoms with E-state index >= 15 is 0 Å². The van der Waals surface area contributed by atoms with E-state index in [0.29, 0.717) is 22.0 Å². The third kappa shape index (κ3) is 5.94. The Hall–Kier alpha value is -3.59. The number of anilines is 2. The number of fused-ring (bicyclic) bond motifs is 1. The average molecular weight is 577 g/mol. The topological polar surface area (TPSA) is 146 Å². The van der Waals surface area contributed by atoms with Gasteiger partial charge in [0.1, 0.15) is 28.2 Å². The number of benzene rings is 1. The lowest BCUT2D eigenvalue weighted by Gasteiger charge is -2.24. The van der Waals surface area contributed by atoms with Gasteiger partial charge in [-0.15, -0.1) is 24.5 Å². The van der Waals surface area contributed by atoms with Crippen LogP contribution < -0.4 is 15.4 Å². The van der Waals surface area contributed by atoms with Gasteiger partial charge in [0, 0.05) is 24.9 Å². The second-order valence-corrected chi connectivity index (χ2v) is 10.6. The molecule has 212 valence electrons. The summed E-state index contributed by atoms with van der Waals surface area (Å²) < 4.78 is 42.3. The van der Waals surface area contributed by atoms with E-state index < -0.39 is 30.5 Å². The molecule has 1 saturated carbocycles. The SMILES string of the molecule is Cc1nccc2sc(-c3cnc(N[C@H](C)c4ccc(OC(F)(F)F)cc4)nc3N[C@@H]3[C@H](CO)C[C@@H](O)[C@H]3O)nc12. The summed E-state index contributed by atoms with van der Waals surface area (Å²) in [6.07, 6.45) is -3.41. The maximum absolute atomic E-state index is 12.5. The van der Waals surface area contributed by atoms with Gasteiger partial charge in [0.2, 0.25) is 5.95 Å². The Morgan fingerprint density at radius 2 is 1.88 bits per heavy atom. The molecule has 1 aliphatic carbocycles. The first-order chi connectivity index (χ1) is 19.0. The van der Waals surface area contributed by atoms with Crippen LogP contribution in [0.15, 0.2) is 42.7 Å². The van der Waals surface area contributed by atoms with Gasteiger partial charge in [0.15, 0.2) is 0 Å². The Labute approximate surface area is 230 Å². The number of pyridine rings is 1. The highest BCUT2D eigenvalue weighted by Gasteiger charge is 2.42. The monoisotopic (exact) mass is 576 g/mol. The predicted molar refractivity (Wildman–Crippen MR) is 143 cm³/mol. The number of nitrogens with one attached hydrogen (secondary N) is 2. The summed E-state index contributed by atoms with van der Waals surface area (Å²) in [5.41, 5.74) is 2.73. The second kappa shape index (κ2) is 11.1. The van der Waals surface area contributed by atoms with Crippen molar-refractivity contribution >= 4 is 33.3 Å². The van der Waals surface area contributed by atoms with Crippen LogP contribution in [-0.2, 0) is 0 Å². The molecule has 1 aliphatic rings. The molecule has 1 aromatic carbocycles. The fraction of sp³-hybridized carbons (Fsp3) is 0.385. The Bertz CT molecular complexity index is 1490. The highest BCUT2D eigenvalue weighted by molar-refractivity contribution is 7.21. The normalized spacial score (nSPS) is 21.9. The van der Waals surface area contributed by atoms with E-state index in [1.54, 1.807) is 19.3 Å². The number of aromatic nitrogens is 4. The van der Waals surface area contributed by atoms with E-state index in [1.807, 2.05) is 13.0 Å². The molecule has 14 heteroatoms. The van der Waals surface area contributed by atoms with Gasteiger partial charge in [-0.25, -0.2) is 9.97 Å². The van der Waals surface area contributed by atoms with Crippen molar-refractivity contribution in [3.63, 3.8) is 0 Å². The molecule has 0 amide bonds. The van der Waals surface area contributed by atoms with Gasteiger partial charge >= 0.3 is 6.36 Å². The van der Waals surface area contributed by atoms with Crippen LogP contribution in [0.25, 0.3) is 20.8 Å². The fourth-order valence-corrected chi connectivity index (χ4v) is 5.74. The number of nitrogens with zero attached hydrogens (tertiary/aromatic N) is 4. The minimum absolute atomic E-state index is 0.210. The quantitative estimate of drug-likeness (QED) is 0.208. The lowest BCUT2D eigenvalue weighted by atomic mass is 10.0. The second-order valence-electron chi connectivity index (χ2n) is 9.61. The van der Waals surface area contributed by atoms with Gasteiger partial charge < -0.3 is 30.7 Å². The molecule has 0 radical (unpaired) electrons. The summed E-state index contributed by atoms with van der Waals surface area (Å²) in [4.78, 5) is 18.1. The molecule has 3 heterocycles. The van der Waals surface area contributed by atoms with Gasteiger partial charge in [-0.3, -0.25) is 4.98 Å². The third-order valence-electron chi connectivity index (χ3n) is 6.82. The number of halogens is 3. The van der Waals surface area contributed by atoms with Crippen LogP contribution in [0.3, 0.4) is 0 Å². The molecule has 0 aliphatic heterocycles. The average Bonchev–Trinajstić information content (AvgIpc) is 3.46. The van der Waals surface area contributed by atoms with E-state index in [-0.39, 0.29) is 30.8 Å². The van der Waals surface area contributed by atoms with E-state index in [2.05, 4.69) is 30.3 Å². The minimum atomic E-state index is -4.78. The molecule has 4 aromatic rings. The maximum atomic E-state index is 12.5. The maximum Gasteiger partial charge on any atom is 0.573 e. The Balaban J connectivity index is 1.45. The number of rotatable bonds is 8. The number of hydrogen-bond donors (Lipinski definition) is 5. The van der Waals surface area contributed by atoms with Crippen molar-refractivity contribution in [3.8, 4) is 16.3 Å². The summed E-state index contributed by atoms with van der Waals surface area (Å²) in [7, 11) is 0. The number of alkyl halides is 3. The van der Waals surface area contributed by atoms with Gasteiger partial charge in [0.25, 0.3) is 0 Å². The summed E-state index contributed by atoms with van der Waals surface area (Å²) >= 11 is 1.42. The minimum Gasteiger partial charge on any atom is -0.406 e. The molecule has 5 rings (SSSR count). The molecular weight excluding hydrogens is 549 g/mol. The van der Waals surface area contributed by atoms with Crippen molar-refractivity contribution in [2.45, 2.75) is 50.9 Å². The van der Waals surface area contributed by atoms with E-state index in [0.717, 1.165) is 15.9 Å². The van der Waals surface area contributed by atoms with Gasteiger partial charge in [-0.05, 0) is 44.0 Å². The Kier molecular flexibility index (Phi) is 7.77. The lowest BCUT2D eigenvalue weighted by Crippen LogP contribution is -2.38. The summed E-state index contributed by atoms with van der Waals surface area (Å²) in [6.45, 7) is 3.42. The number of aliphatic hydroxyl groups excluding tert-OH is 3. The van der Waals surface area contributed by atoms with Crippen molar-refractivity contribution in [1.29, 1.82) is 0 Å². The molecular formula is C26H27F3N6O4S. The molecule has 0 bridgehead atoms. The molecule has 3 aromatic heterocycles. The Morgan fingerprint density at radius 1 is 1.12 bits per heavy atom. The number of aryl methyl sites for hydroxylation is 1. The highest BCUT2D eigenvalue weighted by atomic mass is 32.1. The number of aliphatic hydroxyl groups is 3. The van der Waals surface area contributed by atoms with Crippen LogP contribution in [0.1, 0.15) is 30.6 Å². The first-order valence-corrected chi connectivity index (χ1v) is 13.3. The van der Waals surface area contributed by atoms with Crippen molar-refractivity contribution in [3.05, 3.63) is 54.0 Å². The van der Waals surface area contributed by atoms with Crippen molar-refractivity contribution < 1.29 is 33.2 Å². The van der Waals surface area contributed by atoms with Crippen LogP contribution in [0.5, 0.6) is 5.75 Å². The first kappa shape index (κ1) is 28.0. The van der Waals surface area contributed by atoms with Crippen LogP contribution in [-0.4, -0.2) is 66.5 Å². The van der Waals surface area contributed by atoms with Gasteiger partial charge in [-0.2, -0.15) is 4.98 Å². The van der Waals surface area contributed by atoms with Crippen LogP contribution in [0.2, 0.25) is 0 Å². The zero-order valence-electron chi connectivity index (χ0n) is 21.4. The largest absolute Gasteiger partial charge is 0.573 e. The van der Waals surface area contributed by atoms with Crippen molar-refractivity contribution in [2.75, 3.05) is 17.2 Å². The number of ether oxygens (including phenoxy) is 1. The zero-order valence-corrected chi connectivity index (χ0v) is 22.2. The molecule has 10 nitrogen and oxygen atoms in total. The third-order valence-corrected chi connectivity index (χ3v) is 7.87. The van der Waals surface area contributed by atoms with Gasteiger partial charge in [-0.1, -0.05) is 12.1 Å². The Morgan fingerprint density at radius 3 is 2.55 bits per heavy atom. The number of thiazole rings is 1. The highest BCUT2D eigenvalue weighted by Crippen LogP contribution is 2.37. The lowest BCUT2D eigenvalue weighted by molar-refractivity contribution is -0.274. The van der Waals surface area contributed by atoms with E-state index in [4.69, 9.17) is 4.98 Å². The summed E-state index contributed by atoms with van der Waals surface area (Å²) in [5, 5.41) is 37.6. The number of hydrogen-bond acceptors (Lipinski definition) is 11. The van der Waals surface area contributed by atoms with Crippen molar-refractivity contribution in [2.24, 2.45) is 5.92 Å². The van der Waals surface area contributed by atoms with Crippen LogP contribution in [0.4, 0.5) is 24.9 Å². The van der Waals surface area contributed by atoms with Crippen LogP contribution >= 0.6 is 11.3 Å². The molecule has 1 fully saturated rings.